The third kappa shape index (κ3) is 4.54. The molecule has 53 heavy (non-hydrogen) atoms. The van der Waals surface area contributed by atoms with Crippen LogP contribution in [0.4, 0.5) is 17.1 Å². The molecule has 2 heterocycles. The maximum absolute atomic E-state index is 6.40. The van der Waals surface area contributed by atoms with Crippen LogP contribution in [0, 0.1) is 0 Å². The minimum atomic E-state index is 0.884. The molecule has 2 aromatic heterocycles. The Kier molecular flexibility index (Phi) is 6.55. The summed E-state index contributed by atoms with van der Waals surface area (Å²) in [5.41, 5.74) is 10.8. The summed E-state index contributed by atoms with van der Waals surface area (Å²) in [5, 5.41) is 9.59. The van der Waals surface area contributed by atoms with Gasteiger partial charge < -0.3 is 13.9 Å². The second-order valence-electron chi connectivity index (χ2n) is 13.7. The number of benzene rings is 9. The molecular formula is C50H32N2O. The van der Waals surface area contributed by atoms with E-state index in [1.807, 2.05) is 6.07 Å². The number of aromatic nitrogens is 1. The van der Waals surface area contributed by atoms with Crippen LogP contribution in [0.2, 0.25) is 0 Å². The van der Waals surface area contributed by atoms with Gasteiger partial charge in [-0.2, -0.15) is 0 Å². The van der Waals surface area contributed by atoms with Gasteiger partial charge in [-0.15, -0.1) is 0 Å². The van der Waals surface area contributed by atoms with Crippen molar-refractivity contribution in [2.75, 3.05) is 4.90 Å². The number of para-hydroxylation sites is 4. The number of furan rings is 1. The largest absolute Gasteiger partial charge is 0.456 e. The Labute approximate surface area is 306 Å². The molecule has 0 aliphatic rings. The van der Waals surface area contributed by atoms with Crippen molar-refractivity contribution in [1.29, 1.82) is 0 Å². The minimum absolute atomic E-state index is 0.884. The van der Waals surface area contributed by atoms with Crippen molar-refractivity contribution >= 4 is 82.4 Å². The van der Waals surface area contributed by atoms with Gasteiger partial charge in [0.2, 0.25) is 0 Å². The molecule has 0 radical (unpaired) electrons. The number of hydrogen-bond donors (Lipinski definition) is 0. The van der Waals surface area contributed by atoms with E-state index in [2.05, 4.69) is 198 Å². The first-order valence-electron chi connectivity index (χ1n) is 18.1. The van der Waals surface area contributed by atoms with E-state index in [0.29, 0.717) is 0 Å². The quantitative estimate of drug-likeness (QED) is 0.169. The highest BCUT2D eigenvalue weighted by Gasteiger charge is 2.23. The lowest BCUT2D eigenvalue weighted by atomic mass is 9.95. The van der Waals surface area contributed by atoms with E-state index in [-0.39, 0.29) is 0 Å². The summed E-state index contributed by atoms with van der Waals surface area (Å²) in [5.74, 6) is 0. The van der Waals surface area contributed by atoms with E-state index < -0.39 is 0 Å². The standard InChI is InChI=1S/C50H32N2O/c1-2-18-37-33(14-1)30-31-34-15-11-27-46(49(34)37)52(36-17-12-16-35(32-36)51-43-24-7-3-19-38(43)39-20-4-8-25-44(39)51)45-26-9-5-21-40(45)41-23-13-29-48-50(41)42-22-6-10-28-47(42)53-48/h1-32H. The molecule has 3 nitrogen and oxygen atoms in total. The zero-order chi connectivity index (χ0) is 34.9. The van der Waals surface area contributed by atoms with Crippen molar-refractivity contribution in [2.24, 2.45) is 0 Å². The smallest absolute Gasteiger partial charge is 0.136 e. The Morgan fingerprint density at radius 2 is 0.962 bits per heavy atom. The van der Waals surface area contributed by atoms with Gasteiger partial charge in [0.05, 0.1) is 22.4 Å². The van der Waals surface area contributed by atoms with Gasteiger partial charge in [-0.05, 0) is 76.3 Å². The maximum Gasteiger partial charge on any atom is 0.136 e. The summed E-state index contributed by atoms with van der Waals surface area (Å²) in [7, 11) is 0. The SMILES string of the molecule is c1cc(N(c2ccccc2-c2cccc3oc4ccccc4c23)c2cccc3ccc4ccccc4c23)cc(-n2c3ccccc3c3ccccc32)c1. The fourth-order valence-corrected chi connectivity index (χ4v) is 8.50. The second kappa shape index (κ2) is 11.7. The predicted molar refractivity (Wildman–Crippen MR) is 223 cm³/mol. The molecule has 0 aliphatic heterocycles. The van der Waals surface area contributed by atoms with Crippen molar-refractivity contribution in [3.8, 4) is 16.8 Å². The molecule has 0 unspecified atom stereocenters. The topological polar surface area (TPSA) is 21.3 Å². The first kappa shape index (κ1) is 29.6. The van der Waals surface area contributed by atoms with Crippen molar-refractivity contribution < 1.29 is 4.42 Å². The molecule has 248 valence electrons. The molecule has 0 spiro atoms. The second-order valence-corrected chi connectivity index (χ2v) is 13.7. The van der Waals surface area contributed by atoms with Crippen LogP contribution in [-0.4, -0.2) is 4.57 Å². The number of hydrogen-bond acceptors (Lipinski definition) is 2. The van der Waals surface area contributed by atoms with Crippen LogP contribution >= 0.6 is 0 Å². The Balaban J connectivity index is 1.23. The van der Waals surface area contributed by atoms with E-state index in [1.54, 1.807) is 0 Å². The van der Waals surface area contributed by atoms with Crippen LogP contribution in [0.1, 0.15) is 0 Å². The summed E-state index contributed by atoms with van der Waals surface area (Å²) in [4.78, 5) is 2.46. The van der Waals surface area contributed by atoms with Gasteiger partial charge in [0.15, 0.2) is 0 Å². The van der Waals surface area contributed by atoms with Crippen molar-refractivity contribution in [2.45, 2.75) is 0 Å². The Hall–Kier alpha value is -7.10. The first-order valence-corrected chi connectivity index (χ1v) is 18.1. The molecule has 3 heteroatoms. The molecule has 0 amide bonds. The molecule has 0 aliphatic carbocycles. The van der Waals surface area contributed by atoms with Crippen LogP contribution in [0.15, 0.2) is 199 Å². The third-order valence-corrected chi connectivity index (χ3v) is 10.8. The number of anilines is 3. The summed E-state index contributed by atoms with van der Waals surface area (Å²) in [6.07, 6.45) is 0. The molecule has 0 bridgehead atoms. The summed E-state index contributed by atoms with van der Waals surface area (Å²) >= 11 is 0. The van der Waals surface area contributed by atoms with Gasteiger partial charge in [-0.25, -0.2) is 0 Å². The van der Waals surface area contributed by atoms with E-state index in [0.717, 1.165) is 55.8 Å². The van der Waals surface area contributed by atoms with Gasteiger partial charge in [-0.3, -0.25) is 0 Å². The van der Waals surface area contributed by atoms with Gasteiger partial charge in [0.1, 0.15) is 11.2 Å². The van der Waals surface area contributed by atoms with Crippen LogP contribution in [0.3, 0.4) is 0 Å². The van der Waals surface area contributed by atoms with Crippen LogP contribution in [-0.2, 0) is 0 Å². The molecule has 11 rings (SSSR count). The Morgan fingerprint density at radius 1 is 0.377 bits per heavy atom. The minimum Gasteiger partial charge on any atom is -0.456 e. The van der Waals surface area contributed by atoms with Gasteiger partial charge >= 0.3 is 0 Å². The molecule has 0 N–H and O–H groups in total. The van der Waals surface area contributed by atoms with Crippen LogP contribution in [0.25, 0.3) is 82.1 Å². The lowest BCUT2D eigenvalue weighted by Gasteiger charge is -2.30. The highest BCUT2D eigenvalue weighted by molar-refractivity contribution is 6.17. The van der Waals surface area contributed by atoms with Crippen molar-refractivity contribution in [3.63, 3.8) is 0 Å². The van der Waals surface area contributed by atoms with Gasteiger partial charge in [-0.1, -0.05) is 140 Å². The van der Waals surface area contributed by atoms with Gasteiger partial charge in [0, 0.05) is 43.9 Å². The molecule has 0 saturated carbocycles. The van der Waals surface area contributed by atoms with Gasteiger partial charge in [0.25, 0.3) is 0 Å². The maximum atomic E-state index is 6.40. The average Bonchev–Trinajstić information content (AvgIpc) is 3.77. The van der Waals surface area contributed by atoms with Crippen LogP contribution in [0.5, 0.6) is 0 Å². The van der Waals surface area contributed by atoms with Crippen LogP contribution < -0.4 is 4.90 Å². The Bertz CT molecular complexity index is 3150. The van der Waals surface area contributed by atoms with E-state index in [4.69, 9.17) is 4.42 Å². The molecular weight excluding hydrogens is 645 g/mol. The fraction of sp³-hybridized carbons (Fsp3) is 0. The predicted octanol–water partition coefficient (Wildman–Crippen LogP) is 14.1. The molecule has 0 atom stereocenters. The highest BCUT2D eigenvalue weighted by Crippen LogP contribution is 2.47. The molecule has 9 aromatic carbocycles. The number of nitrogens with zero attached hydrogens (tertiary/aromatic N) is 2. The van der Waals surface area contributed by atoms with E-state index in [1.165, 1.54) is 43.4 Å². The molecule has 11 aromatic rings. The fourth-order valence-electron chi connectivity index (χ4n) is 8.50. The van der Waals surface area contributed by atoms with E-state index >= 15 is 0 Å². The normalized spacial score (nSPS) is 11.8. The molecule has 0 fully saturated rings. The third-order valence-electron chi connectivity index (χ3n) is 10.8. The Morgan fingerprint density at radius 3 is 1.81 bits per heavy atom. The van der Waals surface area contributed by atoms with Crippen molar-refractivity contribution in [3.05, 3.63) is 194 Å². The summed E-state index contributed by atoms with van der Waals surface area (Å²) < 4.78 is 8.80. The number of rotatable bonds is 5. The van der Waals surface area contributed by atoms with E-state index in [9.17, 15) is 0 Å². The average molecular weight is 677 g/mol. The highest BCUT2D eigenvalue weighted by atomic mass is 16.3. The zero-order valence-corrected chi connectivity index (χ0v) is 28.8. The lowest BCUT2D eigenvalue weighted by molar-refractivity contribution is 0.669. The lowest BCUT2D eigenvalue weighted by Crippen LogP contribution is -2.12. The van der Waals surface area contributed by atoms with Crippen molar-refractivity contribution in [1.82, 2.24) is 4.57 Å². The molecule has 0 saturated heterocycles. The summed E-state index contributed by atoms with van der Waals surface area (Å²) in [6.45, 7) is 0. The summed E-state index contributed by atoms with van der Waals surface area (Å²) in [6, 6.07) is 69.8. The zero-order valence-electron chi connectivity index (χ0n) is 28.8. The monoisotopic (exact) mass is 676 g/mol. The number of fused-ring (bicyclic) bond motifs is 9. The first-order chi connectivity index (χ1) is 26.3.